The summed E-state index contributed by atoms with van der Waals surface area (Å²) in [5, 5.41) is 2.53. The van der Waals surface area contributed by atoms with Crippen LogP contribution in [-0.2, 0) is 16.1 Å². The monoisotopic (exact) mass is 247 g/mol. The standard InChI is InChI=1S/C14H17NO3/c1-10(12(3)16)11(2)15-14(17)18-9-13-7-5-4-6-8-13/h4-8H,9H2,1-3H3,(H,15,17)/b11-10-. The van der Waals surface area contributed by atoms with Crippen LogP contribution in [0.2, 0.25) is 0 Å². The Labute approximate surface area is 107 Å². The van der Waals surface area contributed by atoms with Crippen molar-refractivity contribution in [3.8, 4) is 0 Å². The Balaban J connectivity index is 2.48. The molecule has 0 atom stereocenters. The van der Waals surface area contributed by atoms with Crippen LogP contribution in [-0.4, -0.2) is 11.9 Å². The van der Waals surface area contributed by atoms with Gasteiger partial charge in [0, 0.05) is 11.3 Å². The average Bonchev–Trinajstić information content (AvgIpc) is 2.36. The van der Waals surface area contributed by atoms with Crippen LogP contribution < -0.4 is 5.32 Å². The molecular weight excluding hydrogens is 230 g/mol. The number of allylic oxidation sites excluding steroid dienone is 2. The van der Waals surface area contributed by atoms with Crippen LogP contribution in [0.3, 0.4) is 0 Å². The molecule has 0 saturated carbocycles. The highest BCUT2D eigenvalue weighted by molar-refractivity contribution is 5.93. The largest absolute Gasteiger partial charge is 0.444 e. The summed E-state index contributed by atoms with van der Waals surface area (Å²) in [5.74, 6) is -0.0733. The first-order chi connectivity index (χ1) is 8.50. The van der Waals surface area contributed by atoms with Gasteiger partial charge in [0.15, 0.2) is 5.78 Å². The van der Waals surface area contributed by atoms with E-state index in [4.69, 9.17) is 4.74 Å². The molecule has 0 bridgehead atoms. The molecule has 96 valence electrons. The molecule has 0 aliphatic carbocycles. The van der Waals surface area contributed by atoms with E-state index < -0.39 is 6.09 Å². The van der Waals surface area contributed by atoms with Gasteiger partial charge in [0.25, 0.3) is 0 Å². The number of carbonyl (C=O) groups is 2. The number of nitrogens with one attached hydrogen (secondary N) is 1. The number of amides is 1. The summed E-state index contributed by atoms with van der Waals surface area (Å²) in [4.78, 5) is 22.6. The number of hydrogen-bond donors (Lipinski definition) is 1. The lowest BCUT2D eigenvalue weighted by Gasteiger charge is -2.09. The highest BCUT2D eigenvalue weighted by Crippen LogP contribution is 2.03. The molecule has 4 nitrogen and oxygen atoms in total. The second-order valence-electron chi connectivity index (χ2n) is 3.99. The molecule has 4 heteroatoms. The van der Waals surface area contributed by atoms with Crippen LogP contribution in [0.4, 0.5) is 4.79 Å². The summed E-state index contributed by atoms with van der Waals surface area (Å²) in [6.45, 7) is 4.99. The normalized spacial score (nSPS) is 11.5. The van der Waals surface area contributed by atoms with Crippen LogP contribution >= 0.6 is 0 Å². The van der Waals surface area contributed by atoms with E-state index >= 15 is 0 Å². The number of Topliss-reactive ketones (excluding diaryl/α,β-unsaturated/α-hetero) is 1. The van der Waals surface area contributed by atoms with Crippen LogP contribution in [0.1, 0.15) is 26.3 Å². The number of alkyl carbamates (subject to hydrolysis) is 1. The smallest absolute Gasteiger partial charge is 0.411 e. The fourth-order valence-corrected chi connectivity index (χ4v) is 1.27. The van der Waals surface area contributed by atoms with Gasteiger partial charge in [0.2, 0.25) is 0 Å². The van der Waals surface area contributed by atoms with Gasteiger partial charge in [-0.25, -0.2) is 4.79 Å². The van der Waals surface area contributed by atoms with E-state index in [1.165, 1.54) is 6.92 Å². The maximum Gasteiger partial charge on any atom is 0.411 e. The number of ether oxygens (including phenoxy) is 1. The number of rotatable bonds is 4. The van der Waals surface area contributed by atoms with Crippen molar-refractivity contribution in [2.75, 3.05) is 0 Å². The summed E-state index contributed by atoms with van der Waals surface area (Å²) in [6, 6.07) is 9.39. The van der Waals surface area contributed by atoms with E-state index in [9.17, 15) is 9.59 Å². The third-order valence-electron chi connectivity index (χ3n) is 2.59. The molecule has 0 heterocycles. The molecule has 0 fully saturated rings. The van der Waals surface area contributed by atoms with Crippen LogP contribution in [0, 0.1) is 0 Å². The summed E-state index contributed by atoms with van der Waals surface area (Å²) in [6.07, 6.45) is -0.558. The molecule has 1 aromatic rings. The van der Waals surface area contributed by atoms with Gasteiger partial charge in [-0.05, 0) is 26.3 Å². The zero-order chi connectivity index (χ0) is 13.5. The zero-order valence-corrected chi connectivity index (χ0v) is 10.8. The summed E-state index contributed by atoms with van der Waals surface area (Å²) >= 11 is 0. The van der Waals surface area contributed by atoms with Gasteiger partial charge in [0.1, 0.15) is 6.61 Å². The number of ketones is 1. The summed E-state index contributed by atoms with van der Waals surface area (Å²) in [5.41, 5.74) is 1.95. The zero-order valence-electron chi connectivity index (χ0n) is 10.8. The minimum absolute atomic E-state index is 0.0733. The Hall–Kier alpha value is -2.10. The predicted octanol–water partition coefficient (Wildman–Crippen LogP) is 2.80. The molecule has 0 spiro atoms. The van der Waals surface area contributed by atoms with Crippen molar-refractivity contribution in [2.45, 2.75) is 27.4 Å². The Bertz CT molecular complexity index is 463. The molecule has 18 heavy (non-hydrogen) atoms. The van der Waals surface area contributed by atoms with Gasteiger partial charge in [0.05, 0.1) is 0 Å². The van der Waals surface area contributed by atoms with Crippen molar-refractivity contribution in [1.82, 2.24) is 5.32 Å². The van der Waals surface area contributed by atoms with E-state index in [1.807, 2.05) is 30.3 Å². The Morgan fingerprint density at radius 1 is 1.11 bits per heavy atom. The van der Waals surface area contributed by atoms with Gasteiger partial charge in [-0.1, -0.05) is 30.3 Å². The molecule has 1 N–H and O–H groups in total. The first-order valence-electron chi connectivity index (χ1n) is 5.67. The van der Waals surface area contributed by atoms with Crippen LogP contribution in [0.5, 0.6) is 0 Å². The minimum atomic E-state index is -0.558. The molecule has 0 unspecified atom stereocenters. The Morgan fingerprint density at radius 2 is 1.72 bits per heavy atom. The second-order valence-corrected chi connectivity index (χ2v) is 3.99. The molecule has 0 saturated heterocycles. The topological polar surface area (TPSA) is 55.4 Å². The lowest BCUT2D eigenvalue weighted by molar-refractivity contribution is -0.113. The van der Waals surface area contributed by atoms with E-state index in [0.29, 0.717) is 11.3 Å². The molecule has 0 aliphatic heterocycles. The maximum atomic E-state index is 11.5. The van der Waals surface area contributed by atoms with Crippen molar-refractivity contribution in [3.63, 3.8) is 0 Å². The van der Waals surface area contributed by atoms with Gasteiger partial charge in [-0.2, -0.15) is 0 Å². The van der Waals surface area contributed by atoms with Gasteiger partial charge in [-0.3, -0.25) is 10.1 Å². The fourth-order valence-electron chi connectivity index (χ4n) is 1.27. The molecule has 1 amide bonds. The second kappa shape index (κ2) is 6.59. The number of carbonyl (C=O) groups excluding carboxylic acids is 2. The lowest BCUT2D eigenvalue weighted by atomic mass is 10.2. The highest BCUT2D eigenvalue weighted by Gasteiger charge is 2.07. The Morgan fingerprint density at radius 3 is 2.28 bits per heavy atom. The molecule has 1 aromatic carbocycles. The first-order valence-corrected chi connectivity index (χ1v) is 5.67. The van der Waals surface area contributed by atoms with Crippen molar-refractivity contribution in [1.29, 1.82) is 0 Å². The fraction of sp³-hybridized carbons (Fsp3) is 0.286. The summed E-state index contributed by atoms with van der Waals surface area (Å²) < 4.78 is 5.03. The molecule has 0 aromatic heterocycles. The number of hydrogen-bond acceptors (Lipinski definition) is 3. The maximum absolute atomic E-state index is 11.5. The SMILES string of the molecule is CC(=O)/C(C)=C(/C)NC(=O)OCc1ccccc1. The van der Waals surface area contributed by atoms with Crippen molar-refractivity contribution < 1.29 is 14.3 Å². The summed E-state index contributed by atoms with van der Waals surface area (Å²) in [7, 11) is 0. The van der Waals surface area contributed by atoms with Crippen molar-refractivity contribution >= 4 is 11.9 Å². The van der Waals surface area contributed by atoms with Gasteiger partial charge in [-0.15, -0.1) is 0 Å². The van der Waals surface area contributed by atoms with E-state index in [-0.39, 0.29) is 12.4 Å². The molecule has 0 aliphatic rings. The predicted molar refractivity (Wildman–Crippen MR) is 68.8 cm³/mol. The lowest BCUT2D eigenvalue weighted by Crippen LogP contribution is -2.24. The third kappa shape index (κ3) is 4.41. The minimum Gasteiger partial charge on any atom is -0.444 e. The average molecular weight is 247 g/mol. The van der Waals surface area contributed by atoms with Crippen molar-refractivity contribution in [3.05, 3.63) is 47.2 Å². The van der Waals surface area contributed by atoms with E-state index in [2.05, 4.69) is 5.32 Å². The molecular formula is C14H17NO3. The van der Waals surface area contributed by atoms with Gasteiger partial charge >= 0.3 is 6.09 Å². The van der Waals surface area contributed by atoms with Crippen molar-refractivity contribution in [2.24, 2.45) is 0 Å². The quantitative estimate of drug-likeness (QED) is 0.832. The van der Waals surface area contributed by atoms with Crippen LogP contribution in [0.25, 0.3) is 0 Å². The number of benzene rings is 1. The third-order valence-corrected chi connectivity index (χ3v) is 2.59. The van der Waals surface area contributed by atoms with Gasteiger partial charge < -0.3 is 4.74 Å². The Kier molecular flexibility index (Phi) is 5.11. The molecule has 1 rings (SSSR count). The van der Waals surface area contributed by atoms with E-state index in [1.54, 1.807) is 13.8 Å². The van der Waals surface area contributed by atoms with Crippen LogP contribution in [0.15, 0.2) is 41.6 Å². The molecule has 0 radical (unpaired) electrons. The highest BCUT2D eigenvalue weighted by atomic mass is 16.5. The first kappa shape index (κ1) is 14.0. The van der Waals surface area contributed by atoms with E-state index in [0.717, 1.165) is 5.56 Å².